The van der Waals surface area contributed by atoms with Gasteiger partial charge in [-0.05, 0) is 21.5 Å². The summed E-state index contributed by atoms with van der Waals surface area (Å²) in [6.07, 6.45) is 3.25. The molecule has 0 aliphatic carbocycles. The van der Waals surface area contributed by atoms with Crippen molar-refractivity contribution in [3.8, 4) is 5.88 Å². The fraction of sp³-hybridized carbons (Fsp3) is 0.182. The lowest BCUT2D eigenvalue weighted by molar-refractivity contribution is 0.397. The van der Waals surface area contributed by atoms with Gasteiger partial charge < -0.3 is 10.1 Å². The fourth-order valence-corrected chi connectivity index (χ4v) is 1.67. The van der Waals surface area contributed by atoms with E-state index in [9.17, 15) is 4.79 Å². The molecule has 2 N–H and O–H groups in total. The van der Waals surface area contributed by atoms with Gasteiger partial charge in [-0.15, -0.1) is 0 Å². The summed E-state index contributed by atoms with van der Waals surface area (Å²) < 4.78 is 5.40. The Hall–Kier alpha value is -1.89. The summed E-state index contributed by atoms with van der Waals surface area (Å²) in [7, 11) is 1.57. The van der Waals surface area contributed by atoms with Crippen molar-refractivity contribution in [2.75, 3.05) is 12.4 Å². The molecular weight excluding hydrogens is 300 g/mol. The average Bonchev–Trinajstić information content (AvgIpc) is 2.41. The first-order valence-electron chi connectivity index (χ1n) is 5.16. The second-order valence-electron chi connectivity index (χ2n) is 3.49. The average molecular weight is 311 g/mol. The Bertz CT molecular complexity index is 582. The maximum Gasteiger partial charge on any atom is 0.280 e. The first-order chi connectivity index (χ1) is 8.70. The van der Waals surface area contributed by atoms with Crippen LogP contribution < -0.4 is 15.6 Å². The molecule has 6 nitrogen and oxygen atoms in total. The molecule has 7 heteroatoms. The first kappa shape index (κ1) is 12.6. The van der Waals surface area contributed by atoms with Crippen molar-refractivity contribution < 1.29 is 4.74 Å². The number of nitrogens with zero attached hydrogens (tertiary/aromatic N) is 2. The van der Waals surface area contributed by atoms with Crippen molar-refractivity contribution in [2.45, 2.75) is 6.54 Å². The maximum atomic E-state index is 11.3. The van der Waals surface area contributed by atoms with Crippen LogP contribution in [0.1, 0.15) is 5.56 Å². The first-order valence-corrected chi connectivity index (χ1v) is 5.96. The number of anilines is 1. The van der Waals surface area contributed by atoms with E-state index in [0.29, 0.717) is 22.6 Å². The van der Waals surface area contributed by atoms with Gasteiger partial charge in [0.15, 0.2) is 0 Å². The van der Waals surface area contributed by atoms with Crippen LogP contribution >= 0.6 is 15.9 Å². The molecule has 94 valence electrons. The second-order valence-corrected chi connectivity index (χ2v) is 4.28. The molecule has 0 saturated carbocycles. The Labute approximate surface area is 112 Å². The van der Waals surface area contributed by atoms with Gasteiger partial charge in [-0.2, -0.15) is 5.10 Å². The van der Waals surface area contributed by atoms with E-state index in [2.05, 4.69) is 36.4 Å². The van der Waals surface area contributed by atoms with Crippen LogP contribution in [-0.4, -0.2) is 22.3 Å². The van der Waals surface area contributed by atoms with Crippen LogP contribution in [0.5, 0.6) is 5.88 Å². The van der Waals surface area contributed by atoms with Crippen molar-refractivity contribution in [2.24, 2.45) is 0 Å². The molecule has 0 aliphatic rings. The molecule has 0 fully saturated rings. The number of aromatic amines is 1. The molecule has 2 aromatic heterocycles. The van der Waals surface area contributed by atoms with Crippen molar-refractivity contribution in [3.05, 3.63) is 44.9 Å². The van der Waals surface area contributed by atoms with E-state index in [0.717, 1.165) is 5.56 Å². The highest BCUT2D eigenvalue weighted by Gasteiger charge is 2.04. The van der Waals surface area contributed by atoms with E-state index in [-0.39, 0.29) is 5.56 Å². The highest BCUT2D eigenvalue weighted by atomic mass is 79.9. The standard InChI is InChI=1S/C11H11BrN4O2/c1-18-9-3-2-7(5-14-9)4-13-8-6-15-16-11(17)10(8)12/h2-3,5-6H,4H2,1H3,(H2,13,16,17). The lowest BCUT2D eigenvalue weighted by atomic mass is 10.3. The van der Waals surface area contributed by atoms with Gasteiger partial charge in [-0.1, -0.05) is 6.07 Å². The van der Waals surface area contributed by atoms with Crippen molar-refractivity contribution in [3.63, 3.8) is 0 Å². The van der Waals surface area contributed by atoms with Crippen LogP contribution in [-0.2, 0) is 6.54 Å². The smallest absolute Gasteiger partial charge is 0.280 e. The van der Waals surface area contributed by atoms with Gasteiger partial charge in [0, 0.05) is 18.8 Å². The van der Waals surface area contributed by atoms with E-state index in [4.69, 9.17) is 4.74 Å². The lowest BCUT2D eigenvalue weighted by Gasteiger charge is -2.07. The summed E-state index contributed by atoms with van der Waals surface area (Å²) in [6.45, 7) is 0.542. The van der Waals surface area contributed by atoms with Crippen LogP contribution in [0, 0.1) is 0 Å². The Morgan fingerprint density at radius 3 is 2.94 bits per heavy atom. The lowest BCUT2D eigenvalue weighted by Crippen LogP contribution is -2.12. The van der Waals surface area contributed by atoms with E-state index in [1.807, 2.05) is 6.07 Å². The van der Waals surface area contributed by atoms with Crippen molar-refractivity contribution in [1.29, 1.82) is 0 Å². The van der Waals surface area contributed by atoms with E-state index in [1.165, 1.54) is 0 Å². The van der Waals surface area contributed by atoms with E-state index in [1.54, 1.807) is 25.6 Å². The number of rotatable bonds is 4. The largest absolute Gasteiger partial charge is 0.481 e. The minimum atomic E-state index is -0.271. The molecule has 18 heavy (non-hydrogen) atoms. The van der Waals surface area contributed by atoms with Gasteiger partial charge in [-0.25, -0.2) is 10.1 Å². The Morgan fingerprint density at radius 1 is 1.44 bits per heavy atom. The summed E-state index contributed by atoms with van der Waals surface area (Å²) >= 11 is 3.19. The number of H-pyrrole nitrogens is 1. The molecule has 0 amide bonds. The number of methoxy groups -OCH3 is 1. The number of nitrogens with one attached hydrogen (secondary N) is 2. The number of ether oxygens (including phenoxy) is 1. The monoisotopic (exact) mass is 310 g/mol. The zero-order valence-electron chi connectivity index (χ0n) is 9.61. The van der Waals surface area contributed by atoms with Crippen LogP contribution in [0.3, 0.4) is 0 Å². The Kier molecular flexibility index (Phi) is 3.93. The fourth-order valence-electron chi connectivity index (χ4n) is 1.34. The predicted molar refractivity (Wildman–Crippen MR) is 70.7 cm³/mol. The summed E-state index contributed by atoms with van der Waals surface area (Å²) in [5, 5.41) is 9.15. The van der Waals surface area contributed by atoms with Crippen molar-refractivity contribution in [1.82, 2.24) is 15.2 Å². The van der Waals surface area contributed by atoms with Crippen LogP contribution in [0.15, 0.2) is 33.8 Å². The van der Waals surface area contributed by atoms with E-state index >= 15 is 0 Å². The molecule has 2 aromatic rings. The van der Waals surface area contributed by atoms with Gasteiger partial charge in [-0.3, -0.25) is 4.79 Å². The third-order valence-electron chi connectivity index (χ3n) is 2.29. The maximum absolute atomic E-state index is 11.3. The Morgan fingerprint density at radius 2 is 2.28 bits per heavy atom. The van der Waals surface area contributed by atoms with Gasteiger partial charge >= 0.3 is 0 Å². The third kappa shape index (κ3) is 2.86. The summed E-state index contributed by atoms with van der Waals surface area (Å²) in [4.78, 5) is 15.4. The molecule has 0 radical (unpaired) electrons. The zero-order chi connectivity index (χ0) is 13.0. The molecule has 0 unspecified atom stereocenters. The SMILES string of the molecule is COc1ccc(CNc2cn[nH]c(=O)c2Br)cn1. The van der Waals surface area contributed by atoms with E-state index < -0.39 is 0 Å². The molecule has 0 atom stereocenters. The highest BCUT2D eigenvalue weighted by molar-refractivity contribution is 9.10. The van der Waals surface area contributed by atoms with Gasteiger partial charge in [0.25, 0.3) is 5.56 Å². The topological polar surface area (TPSA) is 79.9 Å². The summed E-state index contributed by atoms with van der Waals surface area (Å²) in [6, 6.07) is 3.68. The molecule has 0 aromatic carbocycles. The minimum absolute atomic E-state index is 0.271. The number of aromatic nitrogens is 3. The number of hydrogen-bond acceptors (Lipinski definition) is 5. The van der Waals surface area contributed by atoms with Gasteiger partial charge in [0.05, 0.1) is 19.0 Å². The molecule has 2 heterocycles. The van der Waals surface area contributed by atoms with Crippen LogP contribution in [0.2, 0.25) is 0 Å². The highest BCUT2D eigenvalue weighted by Crippen LogP contribution is 2.16. The normalized spacial score (nSPS) is 10.1. The molecule has 0 saturated heterocycles. The molecule has 0 aliphatic heterocycles. The number of pyridine rings is 1. The van der Waals surface area contributed by atoms with Crippen LogP contribution in [0.4, 0.5) is 5.69 Å². The summed E-state index contributed by atoms with van der Waals surface area (Å²) in [5.74, 6) is 0.567. The zero-order valence-corrected chi connectivity index (χ0v) is 11.2. The number of hydrogen-bond donors (Lipinski definition) is 2. The molecular formula is C11H11BrN4O2. The van der Waals surface area contributed by atoms with Crippen LogP contribution in [0.25, 0.3) is 0 Å². The number of halogens is 1. The Balaban J connectivity index is 2.06. The summed E-state index contributed by atoms with van der Waals surface area (Å²) in [5.41, 5.74) is 1.34. The molecule has 2 rings (SSSR count). The predicted octanol–water partition coefficient (Wildman–Crippen LogP) is 1.55. The molecule has 0 bridgehead atoms. The molecule has 0 spiro atoms. The van der Waals surface area contributed by atoms with Gasteiger partial charge in [0.1, 0.15) is 4.47 Å². The quantitative estimate of drug-likeness (QED) is 0.895. The minimum Gasteiger partial charge on any atom is -0.481 e. The second kappa shape index (κ2) is 5.63. The van der Waals surface area contributed by atoms with Gasteiger partial charge in [0.2, 0.25) is 5.88 Å². The van der Waals surface area contributed by atoms with Crippen molar-refractivity contribution >= 4 is 21.6 Å². The third-order valence-corrected chi connectivity index (χ3v) is 3.07.